The summed E-state index contributed by atoms with van der Waals surface area (Å²) in [5.74, 6) is 0.457. The van der Waals surface area contributed by atoms with Crippen molar-refractivity contribution in [1.29, 1.82) is 0 Å². The molecule has 0 spiro atoms. The van der Waals surface area contributed by atoms with Gasteiger partial charge in [-0.2, -0.15) is 4.98 Å². The predicted octanol–water partition coefficient (Wildman–Crippen LogP) is -0.269. The van der Waals surface area contributed by atoms with E-state index in [1.54, 1.807) is 19.3 Å². The molecule has 2 aromatic heterocycles. The lowest BCUT2D eigenvalue weighted by atomic mass is 10.1. The van der Waals surface area contributed by atoms with Crippen molar-refractivity contribution in [3.63, 3.8) is 0 Å². The molecular formula is C13H17N5O3S. The highest BCUT2D eigenvalue weighted by Crippen LogP contribution is 2.16. The maximum Gasteiger partial charge on any atom is 0.251 e. The van der Waals surface area contributed by atoms with Gasteiger partial charge in [0, 0.05) is 43.8 Å². The molecule has 2 aromatic rings. The van der Waals surface area contributed by atoms with E-state index in [1.807, 2.05) is 0 Å². The van der Waals surface area contributed by atoms with Gasteiger partial charge < -0.3 is 5.32 Å². The highest BCUT2D eigenvalue weighted by Gasteiger charge is 2.21. The van der Waals surface area contributed by atoms with E-state index >= 15 is 0 Å². The fraction of sp³-hybridized carbons (Fsp3) is 0.462. The van der Waals surface area contributed by atoms with Crippen molar-refractivity contribution < 1.29 is 8.42 Å². The first-order chi connectivity index (χ1) is 10.5. The third-order valence-electron chi connectivity index (χ3n) is 3.89. The molecule has 1 saturated heterocycles. The van der Waals surface area contributed by atoms with E-state index in [2.05, 4.69) is 15.3 Å². The van der Waals surface area contributed by atoms with E-state index in [1.165, 1.54) is 14.9 Å². The summed E-state index contributed by atoms with van der Waals surface area (Å²) in [5.41, 5.74) is 0.453. The van der Waals surface area contributed by atoms with E-state index in [0.717, 1.165) is 5.39 Å². The Morgan fingerprint density at radius 3 is 2.68 bits per heavy atom. The van der Waals surface area contributed by atoms with Crippen LogP contribution in [0.5, 0.6) is 0 Å². The Bertz CT molecular complexity index is 816. The van der Waals surface area contributed by atoms with Crippen LogP contribution >= 0.6 is 0 Å². The molecule has 9 heteroatoms. The molecule has 8 nitrogen and oxygen atoms in total. The van der Waals surface area contributed by atoms with Crippen LogP contribution in [0.15, 0.2) is 23.1 Å². The lowest BCUT2D eigenvalue weighted by molar-refractivity contribution is 0.337. The van der Waals surface area contributed by atoms with Crippen LogP contribution < -0.4 is 10.9 Å². The molecule has 0 atom stereocenters. The Hall–Kier alpha value is -2.00. The quantitative estimate of drug-likeness (QED) is 0.755. The molecule has 1 aliphatic rings. The summed E-state index contributed by atoms with van der Waals surface area (Å²) < 4.78 is 24.8. The van der Waals surface area contributed by atoms with Gasteiger partial charge >= 0.3 is 0 Å². The van der Waals surface area contributed by atoms with Crippen LogP contribution in [-0.4, -0.2) is 46.4 Å². The van der Waals surface area contributed by atoms with Crippen LogP contribution in [0.2, 0.25) is 0 Å². The largest absolute Gasteiger partial charge is 0.351 e. The smallest absolute Gasteiger partial charge is 0.251 e. The number of hydrogen-bond donors (Lipinski definition) is 2. The molecule has 0 radical (unpaired) electrons. The first-order valence-electron chi connectivity index (χ1n) is 7.03. The van der Waals surface area contributed by atoms with Gasteiger partial charge in [-0.15, -0.1) is 0 Å². The zero-order valence-electron chi connectivity index (χ0n) is 12.1. The molecule has 0 unspecified atom stereocenters. The van der Waals surface area contributed by atoms with Gasteiger partial charge in [-0.05, 0) is 18.9 Å². The van der Waals surface area contributed by atoms with Gasteiger partial charge in [0.1, 0.15) is 5.65 Å². The zero-order chi connectivity index (χ0) is 15.7. The van der Waals surface area contributed by atoms with Crippen LogP contribution in [0.4, 0.5) is 5.95 Å². The Balaban J connectivity index is 1.77. The number of anilines is 1. The summed E-state index contributed by atoms with van der Waals surface area (Å²) in [4.78, 5) is 20.3. The number of aryl methyl sites for hydroxylation is 1. The highest BCUT2D eigenvalue weighted by molar-refractivity contribution is 7.69. The summed E-state index contributed by atoms with van der Waals surface area (Å²) in [6.45, 7) is 1.00. The number of fused-ring (bicyclic) bond motifs is 1. The number of piperidine rings is 1. The summed E-state index contributed by atoms with van der Waals surface area (Å²) in [5, 5.41) is 4.02. The zero-order valence-corrected chi connectivity index (χ0v) is 13.0. The van der Waals surface area contributed by atoms with Crippen LogP contribution in [0.1, 0.15) is 12.8 Å². The van der Waals surface area contributed by atoms with E-state index in [0.29, 0.717) is 37.5 Å². The number of pyridine rings is 1. The first-order valence-corrected chi connectivity index (χ1v) is 8.16. The van der Waals surface area contributed by atoms with E-state index in [9.17, 15) is 13.2 Å². The van der Waals surface area contributed by atoms with Crippen molar-refractivity contribution >= 4 is 27.9 Å². The molecule has 0 bridgehead atoms. The maximum atomic E-state index is 11.7. The highest BCUT2D eigenvalue weighted by atomic mass is 32.2. The van der Waals surface area contributed by atoms with E-state index < -0.39 is 10.9 Å². The molecule has 22 heavy (non-hydrogen) atoms. The van der Waals surface area contributed by atoms with Crippen LogP contribution in [0.25, 0.3) is 11.0 Å². The summed E-state index contributed by atoms with van der Waals surface area (Å²) in [6, 6.07) is 3.31. The summed E-state index contributed by atoms with van der Waals surface area (Å²) in [7, 11) is -0.821. The maximum absolute atomic E-state index is 11.7. The Kier molecular flexibility index (Phi) is 4.08. The predicted molar refractivity (Wildman–Crippen MR) is 83.3 cm³/mol. The molecule has 3 heterocycles. The fourth-order valence-electron chi connectivity index (χ4n) is 2.57. The second kappa shape index (κ2) is 6.01. The second-order valence-electron chi connectivity index (χ2n) is 5.31. The molecule has 1 fully saturated rings. The summed E-state index contributed by atoms with van der Waals surface area (Å²) in [6.07, 6.45) is 3.09. The van der Waals surface area contributed by atoms with Gasteiger partial charge in [0.2, 0.25) is 16.8 Å². The lowest BCUT2D eigenvalue weighted by Crippen LogP contribution is -2.38. The number of nitrogens with zero attached hydrogens (tertiary/aromatic N) is 4. The number of rotatable bonds is 3. The molecule has 0 saturated carbocycles. The van der Waals surface area contributed by atoms with Gasteiger partial charge in [-0.1, -0.05) is 0 Å². The van der Waals surface area contributed by atoms with Crippen molar-refractivity contribution in [2.75, 3.05) is 18.4 Å². The molecule has 0 aliphatic carbocycles. The van der Waals surface area contributed by atoms with Crippen molar-refractivity contribution in [2.24, 2.45) is 7.05 Å². The molecule has 3 rings (SSSR count). The molecule has 1 aliphatic heterocycles. The van der Waals surface area contributed by atoms with Gasteiger partial charge in [0.15, 0.2) is 0 Å². The van der Waals surface area contributed by atoms with Crippen LogP contribution in [-0.2, 0) is 17.9 Å². The van der Waals surface area contributed by atoms with Crippen LogP contribution in [0.3, 0.4) is 0 Å². The van der Waals surface area contributed by atoms with Gasteiger partial charge in [-0.3, -0.25) is 9.36 Å². The Labute approximate surface area is 128 Å². The molecule has 0 amide bonds. The minimum absolute atomic E-state index is 0.121. The third kappa shape index (κ3) is 2.95. The third-order valence-corrected chi connectivity index (χ3v) is 4.75. The van der Waals surface area contributed by atoms with Crippen molar-refractivity contribution in [2.45, 2.75) is 18.9 Å². The fourth-order valence-corrected chi connectivity index (χ4v) is 3.13. The van der Waals surface area contributed by atoms with Crippen LogP contribution in [0, 0.1) is 0 Å². The van der Waals surface area contributed by atoms with Crippen molar-refractivity contribution in [3.05, 3.63) is 28.7 Å². The lowest BCUT2D eigenvalue weighted by Gasteiger charge is -2.28. The monoisotopic (exact) mass is 323 g/mol. The standard InChI is InChI=1S/C13H17N5O3S/c1-17-11(19)3-2-9-8-14-13(16-12(9)17)15-10-4-6-18(7-5-10)22(20)21/h2-3,8,10,22H,4-7H2,1H3,(H,14,15,16). The normalized spacial score (nSPS) is 17.2. The van der Waals surface area contributed by atoms with Crippen molar-refractivity contribution in [1.82, 2.24) is 18.8 Å². The SMILES string of the molecule is Cn1c(=O)ccc2cnc(NC3CCN([SH](=O)=O)CC3)nc21. The molecule has 118 valence electrons. The van der Waals surface area contributed by atoms with Crippen molar-refractivity contribution in [3.8, 4) is 0 Å². The minimum Gasteiger partial charge on any atom is -0.351 e. The summed E-state index contributed by atoms with van der Waals surface area (Å²) >= 11 is 0. The van der Waals surface area contributed by atoms with Gasteiger partial charge in [0.05, 0.1) is 0 Å². The minimum atomic E-state index is -2.49. The number of thiol groups is 1. The average Bonchev–Trinajstić information content (AvgIpc) is 2.52. The number of nitrogens with one attached hydrogen (secondary N) is 1. The van der Waals surface area contributed by atoms with Gasteiger partial charge in [0.25, 0.3) is 5.56 Å². The number of hydrogen-bond acceptors (Lipinski definition) is 6. The topological polar surface area (TPSA) is 97.2 Å². The number of aromatic nitrogens is 3. The van der Waals surface area contributed by atoms with Gasteiger partial charge in [-0.25, -0.2) is 17.7 Å². The Morgan fingerprint density at radius 1 is 1.27 bits per heavy atom. The van der Waals surface area contributed by atoms with E-state index in [4.69, 9.17) is 0 Å². The second-order valence-corrected chi connectivity index (χ2v) is 6.35. The average molecular weight is 323 g/mol. The molecular weight excluding hydrogens is 306 g/mol. The molecule has 0 aromatic carbocycles. The Morgan fingerprint density at radius 2 is 2.00 bits per heavy atom. The molecule has 1 N–H and O–H groups in total. The van der Waals surface area contributed by atoms with E-state index in [-0.39, 0.29) is 11.6 Å². The first kappa shape index (κ1) is 14.9.